The third-order valence-electron chi connectivity index (χ3n) is 14.5. The van der Waals surface area contributed by atoms with Crippen molar-refractivity contribution < 1.29 is 24.5 Å². The van der Waals surface area contributed by atoms with Gasteiger partial charge in [0, 0.05) is 12.8 Å². The highest BCUT2D eigenvalue weighted by Gasteiger charge is 2.20. The van der Waals surface area contributed by atoms with E-state index < -0.39 is 12.1 Å². The number of hydrogen-bond acceptors (Lipinski definition) is 5. The molecule has 0 heterocycles. The number of aliphatic hydroxyl groups is 2. The number of ether oxygens (including phenoxy) is 1. The van der Waals surface area contributed by atoms with Crippen LogP contribution >= 0.6 is 0 Å². The molecular formula is C63H121NO5. The normalized spacial score (nSPS) is 12.7. The van der Waals surface area contributed by atoms with Crippen molar-refractivity contribution in [2.75, 3.05) is 13.2 Å². The Labute approximate surface area is 431 Å². The first kappa shape index (κ1) is 67.3. The molecule has 0 aromatic carbocycles. The molecule has 0 aliphatic heterocycles. The zero-order valence-electron chi connectivity index (χ0n) is 46.6. The van der Waals surface area contributed by atoms with Crippen molar-refractivity contribution in [3.8, 4) is 0 Å². The minimum atomic E-state index is -0.668. The van der Waals surface area contributed by atoms with Crippen molar-refractivity contribution in [3.05, 3.63) is 24.3 Å². The molecule has 0 saturated heterocycles. The molecule has 0 aromatic heterocycles. The van der Waals surface area contributed by atoms with Crippen molar-refractivity contribution in [1.29, 1.82) is 0 Å². The quantitative estimate of drug-likeness (QED) is 0.0321. The monoisotopic (exact) mass is 972 g/mol. The predicted molar refractivity (Wildman–Crippen MR) is 301 cm³/mol. The van der Waals surface area contributed by atoms with E-state index in [1.54, 1.807) is 0 Å². The Hall–Kier alpha value is -1.66. The fourth-order valence-electron chi connectivity index (χ4n) is 9.77. The van der Waals surface area contributed by atoms with Gasteiger partial charge in [-0.25, -0.2) is 0 Å². The topological polar surface area (TPSA) is 95.9 Å². The van der Waals surface area contributed by atoms with Crippen molar-refractivity contribution >= 4 is 11.9 Å². The summed E-state index contributed by atoms with van der Waals surface area (Å²) in [4.78, 5) is 24.5. The minimum Gasteiger partial charge on any atom is -0.465 e. The molecule has 0 aliphatic rings. The Morgan fingerprint density at radius 2 is 0.725 bits per heavy atom. The van der Waals surface area contributed by atoms with Crippen LogP contribution in [0, 0.1) is 0 Å². The molecule has 0 aromatic rings. The van der Waals surface area contributed by atoms with Crippen LogP contribution in [0.25, 0.3) is 0 Å². The fraction of sp³-hybridized carbons (Fsp3) is 0.905. The summed E-state index contributed by atoms with van der Waals surface area (Å²) in [5.41, 5.74) is 0. The first-order valence-electron chi connectivity index (χ1n) is 31.1. The van der Waals surface area contributed by atoms with Gasteiger partial charge < -0.3 is 20.3 Å². The Bertz CT molecular complexity index is 1080. The molecule has 0 bridgehead atoms. The van der Waals surface area contributed by atoms with Crippen LogP contribution in [0.2, 0.25) is 0 Å². The van der Waals surface area contributed by atoms with Crippen LogP contribution in [0.5, 0.6) is 0 Å². The smallest absolute Gasteiger partial charge is 0.305 e. The molecule has 0 saturated carbocycles. The maximum absolute atomic E-state index is 12.5. The molecule has 69 heavy (non-hydrogen) atoms. The van der Waals surface area contributed by atoms with Gasteiger partial charge in [0.25, 0.3) is 0 Å². The maximum atomic E-state index is 12.5. The second kappa shape index (κ2) is 58.9. The van der Waals surface area contributed by atoms with Crippen LogP contribution < -0.4 is 5.32 Å². The molecule has 6 heteroatoms. The van der Waals surface area contributed by atoms with Gasteiger partial charge >= 0.3 is 5.97 Å². The van der Waals surface area contributed by atoms with E-state index in [9.17, 15) is 19.8 Å². The predicted octanol–water partition coefficient (Wildman–Crippen LogP) is 19.4. The van der Waals surface area contributed by atoms with E-state index >= 15 is 0 Å². The third-order valence-corrected chi connectivity index (χ3v) is 14.5. The number of unbranched alkanes of at least 4 members (excludes halogenated alkanes) is 43. The lowest BCUT2D eigenvalue weighted by Crippen LogP contribution is -2.45. The van der Waals surface area contributed by atoms with Crippen molar-refractivity contribution in [2.24, 2.45) is 0 Å². The van der Waals surface area contributed by atoms with Crippen molar-refractivity contribution in [3.63, 3.8) is 0 Å². The van der Waals surface area contributed by atoms with E-state index in [1.807, 2.05) is 0 Å². The van der Waals surface area contributed by atoms with Crippen LogP contribution in [0.4, 0.5) is 0 Å². The molecule has 1 amide bonds. The lowest BCUT2D eigenvalue weighted by molar-refractivity contribution is -0.143. The average Bonchev–Trinajstić information content (AvgIpc) is 3.35. The van der Waals surface area contributed by atoms with Gasteiger partial charge in [0.1, 0.15) is 0 Å². The Balaban J connectivity index is 3.45. The van der Waals surface area contributed by atoms with Crippen LogP contribution in [-0.2, 0) is 14.3 Å². The minimum absolute atomic E-state index is 0.0350. The Morgan fingerprint density at radius 1 is 0.406 bits per heavy atom. The van der Waals surface area contributed by atoms with Gasteiger partial charge in [-0.3, -0.25) is 9.59 Å². The molecule has 0 radical (unpaired) electrons. The molecular weight excluding hydrogens is 851 g/mol. The molecule has 408 valence electrons. The molecule has 2 atom stereocenters. The SMILES string of the molecule is CCCCCCCCCCCCCCCCCCCCCCC(O)C(CO)NC(=O)CCCCCCCCCCCCCCCC/C=C\C/C=C\CCOC(=O)CCCCCCCCCCCCC. The van der Waals surface area contributed by atoms with Crippen LogP contribution in [-0.4, -0.2) is 47.4 Å². The summed E-state index contributed by atoms with van der Waals surface area (Å²) in [6.45, 7) is 4.86. The Kier molecular flexibility index (Phi) is 57.5. The third kappa shape index (κ3) is 55.5. The van der Waals surface area contributed by atoms with Gasteiger partial charge in [-0.1, -0.05) is 308 Å². The van der Waals surface area contributed by atoms with Crippen LogP contribution in [0.1, 0.15) is 341 Å². The number of hydrogen-bond donors (Lipinski definition) is 3. The number of allylic oxidation sites excluding steroid dienone is 3. The lowest BCUT2D eigenvalue weighted by Gasteiger charge is -2.22. The fourth-order valence-corrected chi connectivity index (χ4v) is 9.77. The zero-order chi connectivity index (χ0) is 50.0. The van der Waals surface area contributed by atoms with Crippen LogP contribution in [0.3, 0.4) is 0 Å². The maximum Gasteiger partial charge on any atom is 0.305 e. The van der Waals surface area contributed by atoms with E-state index in [4.69, 9.17) is 4.74 Å². The highest BCUT2D eigenvalue weighted by atomic mass is 16.5. The van der Waals surface area contributed by atoms with E-state index in [0.29, 0.717) is 25.9 Å². The summed E-state index contributed by atoms with van der Waals surface area (Å²) in [7, 11) is 0. The molecule has 2 unspecified atom stereocenters. The first-order chi connectivity index (χ1) is 34.0. The first-order valence-corrected chi connectivity index (χ1v) is 31.1. The van der Waals surface area contributed by atoms with Crippen LogP contribution in [0.15, 0.2) is 24.3 Å². The second-order valence-electron chi connectivity index (χ2n) is 21.4. The highest BCUT2D eigenvalue weighted by Crippen LogP contribution is 2.18. The number of esters is 1. The molecule has 0 rings (SSSR count). The number of nitrogens with one attached hydrogen (secondary N) is 1. The molecule has 0 spiro atoms. The second-order valence-corrected chi connectivity index (χ2v) is 21.4. The lowest BCUT2D eigenvalue weighted by atomic mass is 10.0. The summed E-state index contributed by atoms with van der Waals surface area (Å²) < 4.78 is 5.40. The number of aliphatic hydroxyl groups excluding tert-OH is 2. The summed E-state index contributed by atoms with van der Waals surface area (Å²) >= 11 is 0. The standard InChI is InChI=1S/C63H121NO5/c1-3-5-7-9-11-13-15-16-17-18-19-23-26-29-32-36-39-43-47-51-55-61(66)60(59-65)64-62(67)56-52-48-44-40-37-33-30-27-24-21-20-22-25-28-31-34-38-42-46-50-54-58-69-63(68)57-53-49-45-41-35-14-12-10-8-6-4-2/h34,38,46,50,60-61,65-66H,3-33,35-37,39-45,47-49,51-59H2,1-2H3,(H,64,67)/b38-34-,50-46-. The zero-order valence-corrected chi connectivity index (χ0v) is 46.6. The van der Waals surface area contributed by atoms with Gasteiger partial charge in [0.15, 0.2) is 0 Å². The van der Waals surface area contributed by atoms with E-state index in [-0.39, 0.29) is 18.5 Å². The summed E-state index contributed by atoms with van der Waals surface area (Å²) in [5, 5.41) is 23.4. The van der Waals surface area contributed by atoms with E-state index in [2.05, 4.69) is 43.5 Å². The average molecular weight is 973 g/mol. The number of amides is 1. The Morgan fingerprint density at radius 3 is 1.10 bits per heavy atom. The molecule has 3 N–H and O–H groups in total. The number of carbonyl (C=O) groups is 2. The largest absolute Gasteiger partial charge is 0.465 e. The summed E-state index contributed by atoms with van der Waals surface area (Å²) in [5.74, 6) is -0.0714. The number of carbonyl (C=O) groups excluding carboxylic acids is 2. The molecule has 0 aliphatic carbocycles. The summed E-state index contributed by atoms with van der Waals surface area (Å²) in [6.07, 6.45) is 72.0. The molecule has 0 fully saturated rings. The van der Waals surface area contributed by atoms with Crippen molar-refractivity contribution in [2.45, 2.75) is 353 Å². The van der Waals surface area contributed by atoms with E-state index in [1.165, 1.54) is 257 Å². The van der Waals surface area contributed by atoms with E-state index in [0.717, 1.165) is 51.4 Å². The highest BCUT2D eigenvalue weighted by molar-refractivity contribution is 5.76. The van der Waals surface area contributed by atoms with Gasteiger partial charge in [-0.2, -0.15) is 0 Å². The van der Waals surface area contributed by atoms with Gasteiger partial charge in [-0.15, -0.1) is 0 Å². The van der Waals surface area contributed by atoms with Gasteiger partial charge in [-0.05, 0) is 44.9 Å². The van der Waals surface area contributed by atoms with Gasteiger partial charge in [0.05, 0.1) is 25.4 Å². The van der Waals surface area contributed by atoms with Gasteiger partial charge in [0.2, 0.25) is 5.91 Å². The summed E-state index contributed by atoms with van der Waals surface area (Å²) in [6, 6.07) is -0.546. The number of rotatable bonds is 58. The van der Waals surface area contributed by atoms with Crippen molar-refractivity contribution in [1.82, 2.24) is 5.32 Å². The molecule has 6 nitrogen and oxygen atoms in total.